The first kappa shape index (κ1) is 24.5. The van der Waals surface area contributed by atoms with Gasteiger partial charge in [0, 0.05) is 6.54 Å². The maximum atomic E-state index is 12.5. The molecule has 0 heterocycles. The van der Waals surface area contributed by atoms with Crippen molar-refractivity contribution in [3.8, 4) is 0 Å². The maximum Gasteiger partial charge on any atom is 0.408 e. The summed E-state index contributed by atoms with van der Waals surface area (Å²) in [6.07, 6.45) is 0.135. The molecule has 2 atom stereocenters. The number of alkyl carbamates (subject to hydrolysis) is 1. The van der Waals surface area contributed by atoms with E-state index in [2.05, 4.69) is 15.6 Å². The van der Waals surface area contributed by atoms with E-state index in [0.717, 1.165) is 0 Å². The summed E-state index contributed by atoms with van der Waals surface area (Å²) >= 11 is 0. The number of carbonyl (C=O) groups is 3. The Hall–Kier alpha value is -2.52. The third kappa shape index (κ3) is 12.5. The largest absolute Gasteiger partial charge is 0.480 e. The van der Waals surface area contributed by atoms with Crippen molar-refractivity contribution in [1.82, 2.24) is 10.6 Å². The lowest BCUT2D eigenvalue weighted by Gasteiger charge is -2.25. The molecule has 0 aliphatic carbocycles. The van der Waals surface area contributed by atoms with E-state index in [-0.39, 0.29) is 24.8 Å². The minimum Gasteiger partial charge on any atom is -0.480 e. The van der Waals surface area contributed by atoms with Crippen molar-refractivity contribution in [2.45, 2.75) is 71.6 Å². The van der Waals surface area contributed by atoms with Gasteiger partial charge in [-0.15, -0.1) is 0 Å². The summed E-state index contributed by atoms with van der Waals surface area (Å²) in [7, 11) is 0. The van der Waals surface area contributed by atoms with Crippen LogP contribution in [-0.2, 0) is 14.3 Å². The normalized spacial score (nSPS) is 13.4. The zero-order valence-electron chi connectivity index (χ0n) is 16.7. The number of nitrogens with one attached hydrogen (secondary N) is 2. The molecule has 7 N–H and O–H groups in total. The molecule has 0 aromatic rings. The average Bonchev–Trinajstić information content (AvgIpc) is 2.46. The number of carbonyl (C=O) groups excluding carboxylic acids is 2. The van der Waals surface area contributed by atoms with Gasteiger partial charge in [-0.1, -0.05) is 13.8 Å². The molecule has 27 heavy (non-hydrogen) atoms. The van der Waals surface area contributed by atoms with Gasteiger partial charge in [-0.25, -0.2) is 9.59 Å². The summed E-state index contributed by atoms with van der Waals surface area (Å²) in [6.45, 7) is 9.17. The van der Waals surface area contributed by atoms with Crippen molar-refractivity contribution in [3.05, 3.63) is 0 Å². The van der Waals surface area contributed by atoms with Crippen LogP contribution in [0.2, 0.25) is 0 Å². The lowest BCUT2D eigenvalue weighted by molar-refractivity contribution is -0.142. The lowest BCUT2D eigenvalue weighted by Crippen LogP contribution is -2.52. The van der Waals surface area contributed by atoms with E-state index in [1.165, 1.54) is 0 Å². The predicted octanol–water partition coefficient (Wildman–Crippen LogP) is 0.549. The molecule has 0 aromatic heterocycles. The van der Waals surface area contributed by atoms with E-state index < -0.39 is 35.7 Å². The fraction of sp³-hybridized carbons (Fsp3) is 0.765. The number of rotatable bonds is 10. The number of ether oxygens (including phenoxy) is 1. The van der Waals surface area contributed by atoms with Crippen LogP contribution in [-0.4, -0.2) is 53.3 Å². The van der Waals surface area contributed by atoms with E-state index in [1.807, 2.05) is 13.8 Å². The standard InChI is InChI=1S/C17H33N5O5/c1-10(2)9-12(22-16(26)27-17(3,4)5)13(23)21-11(14(24)25)7-6-8-20-15(18)19/h10-12H,6-9H2,1-5H3,(H,21,23)(H,22,26)(H,24,25)(H4,18,19,20)/t11-,12+/m1/s1. The Morgan fingerprint density at radius 2 is 1.70 bits per heavy atom. The quantitative estimate of drug-likeness (QED) is 0.207. The summed E-state index contributed by atoms with van der Waals surface area (Å²) < 4.78 is 5.17. The number of nitrogens with zero attached hydrogens (tertiary/aromatic N) is 1. The Morgan fingerprint density at radius 1 is 1.11 bits per heavy atom. The highest BCUT2D eigenvalue weighted by molar-refractivity contribution is 5.89. The summed E-state index contributed by atoms with van der Waals surface area (Å²) in [5.41, 5.74) is 9.72. The number of nitrogens with two attached hydrogens (primary N) is 2. The number of aliphatic imine (C=N–C) groups is 1. The van der Waals surface area contributed by atoms with Crippen LogP contribution in [0, 0.1) is 5.92 Å². The zero-order chi connectivity index (χ0) is 21.2. The molecule has 0 saturated heterocycles. The van der Waals surface area contributed by atoms with Gasteiger partial charge in [0.15, 0.2) is 5.96 Å². The molecule has 0 unspecified atom stereocenters. The van der Waals surface area contributed by atoms with Crippen LogP contribution in [0.15, 0.2) is 4.99 Å². The number of guanidine groups is 1. The first-order valence-electron chi connectivity index (χ1n) is 8.90. The Bertz CT molecular complexity index is 538. The number of carboxylic acids is 1. The molecule has 0 spiro atoms. The SMILES string of the molecule is CC(C)C[C@H](NC(=O)OC(C)(C)C)C(=O)N[C@H](CCCN=C(N)N)C(=O)O. The summed E-state index contributed by atoms with van der Waals surface area (Å²) in [5.74, 6) is -1.73. The first-order chi connectivity index (χ1) is 12.3. The third-order valence-corrected chi connectivity index (χ3v) is 3.27. The van der Waals surface area contributed by atoms with E-state index in [4.69, 9.17) is 16.2 Å². The van der Waals surface area contributed by atoms with E-state index in [9.17, 15) is 19.5 Å². The molecule has 0 fully saturated rings. The highest BCUT2D eigenvalue weighted by Gasteiger charge is 2.28. The molecule has 0 radical (unpaired) electrons. The highest BCUT2D eigenvalue weighted by atomic mass is 16.6. The zero-order valence-corrected chi connectivity index (χ0v) is 16.7. The van der Waals surface area contributed by atoms with Gasteiger partial charge in [-0.2, -0.15) is 0 Å². The van der Waals surface area contributed by atoms with Crippen LogP contribution < -0.4 is 22.1 Å². The van der Waals surface area contributed by atoms with Gasteiger partial charge in [0.25, 0.3) is 0 Å². The number of aliphatic carboxylic acids is 1. The Kier molecular flexibility index (Phi) is 10.2. The van der Waals surface area contributed by atoms with Gasteiger partial charge in [0.1, 0.15) is 17.7 Å². The third-order valence-electron chi connectivity index (χ3n) is 3.27. The molecule has 0 saturated carbocycles. The van der Waals surface area contributed by atoms with Crippen molar-refractivity contribution in [2.24, 2.45) is 22.4 Å². The maximum absolute atomic E-state index is 12.5. The van der Waals surface area contributed by atoms with Crippen LogP contribution in [0.25, 0.3) is 0 Å². The smallest absolute Gasteiger partial charge is 0.408 e. The second-order valence-electron chi connectivity index (χ2n) is 7.68. The minimum atomic E-state index is -1.17. The highest BCUT2D eigenvalue weighted by Crippen LogP contribution is 2.10. The van der Waals surface area contributed by atoms with Crippen LogP contribution in [0.4, 0.5) is 4.79 Å². The van der Waals surface area contributed by atoms with Gasteiger partial charge >= 0.3 is 12.1 Å². The lowest BCUT2D eigenvalue weighted by atomic mass is 10.0. The molecule has 10 heteroatoms. The fourth-order valence-electron chi connectivity index (χ4n) is 2.19. The minimum absolute atomic E-state index is 0.0792. The van der Waals surface area contributed by atoms with Crippen molar-refractivity contribution < 1.29 is 24.2 Å². The number of amides is 2. The Morgan fingerprint density at radius 3 is 2.15 bits per heavy atom. The molecule has 0 aromatic carbocycles. The molecular weight excluding hydrogens is 354 g/mol. The number of carboxylic acid groups (broad SMARTS) is 1. The van der Waals surface area contributed by atoms with Gasteiger partial charge in [0.05, 0.1) is 0 Å². The topological polar surface area (TPSA) is 169 Å². The predicted molar refractivity (Wildman–Crippen MR) is 102 cm³/mol. The van der Waals surface area contributed by atoms with Crippen molar-refractivity contribution >= 4 is 23.9 Å². The summed E-state index contributed by atoms with van der Waals surface area (Å²) in [5, 5.41) is 14.3. The van der Waals surface area contributed by atoms with E-state index in [1.54, 1.807) is 20.8 Å². The Labute approximate surface area is 160 Å². The second-order valence-corrected chi connectivity index (χ2v) is 7.68. The van der Waals surface area contributed by atoms with Gasteiger partial charge in [-0.3, -0.25) is 9.79 Å². The van der Waals surface area contributed by atoms with Gasteiger partial charge < -0.3 is 31.9 Å². The van der Waals surface area contributed by atoms with Crippen LogP contribution in [0.3, 0.4) is 0 Å². The monoisotopic (exact) mass is 387 g/mol. The number of hydrogen-bond donors (Lipinski definition) is 5. The van der Waals surface area contributed by atoms with Crippen molar-refractivity contribution in [2.75, 3.05) is 6.54 Å². The molecule has 0 rings (SSSR count). The van der Waals surface area contributed by atoms with Gasteiger partial charge in [-0.05, 0) is 46.0 Å². The molecule has 10 nitrogen and oxygen atoms in total. The van der Waals surface area contributed by atoms with E-state index in [0.29, 0.717) is 12.8 Å². The molecule has 0 aliphatic rings. The Balaban J connectivity index is 4.93. The molecule has 0 bridgehead atoms. The second kappa shape index (κ2) is 11.2. The first-order valence-corrected chi connectivity index (χ1v) is 8.90. The van der Waals surface area contributed by atoms with Gasteiger partial charge in [0.2, 0.25) is 5.91 Å². The molecule has 156 valence electrons. The average molecular weight is 387 g/mol. The molecule has 0 aliphatic heterocycles. The summed E-state index contributed by atoms with van der Waals surface area (Å²) in [4.78, 5) is 39.7. The van der Waals surface area contributed by atoms with Crippen molar-refractivity contribution in [3.63, 3.8) is 0 Å². The van der Waals surface area contributed by atoms with Crippen LogP contribution in [0.5, 0.6) is 0 Å². The van der Waals surface area contributed by atoms with E-state index >= 15 is 0 Å². The van der Waals surface area contributed by atoms with Crippen LogP contribution in [0.1, 0.15) is 53.9 Å². The van der Waals surface area contributed by atoms with Crippen molar-refractivity contribution in [1.29, 1.82) is 0 Å². The number of hydrogen-bond acceptors (Lipinski definition) is 5. The summed E-state index contributed by atoms with van der Waals surface area (Å²) in [6, 6.07) is -2.01. The fourth-order valence-corrected chi connectivity index (χ4v) is 2.19. The van der Waals surface area contributed by atoms with Crippen LogP contribution >= 0.6 is 0 Å². The molecular formula is C17H33N5O5. The molecule has 2 amide bonds.